The summed E-state index contributed by atoms with van der Waals surface area (Å²) in [5.74, 6) is 0.799. The summed E-state index contributed by atoms with van der Waals surface area (Å²) in [6.45, 7) is 4.99. The number of aliphatic imine (C=N–C) groups is 1. The second kappa shape index (κ2) is 12.0. The highest BCUT2D eigenvalue weighted by Crippen LogP contribution is 2.16. The van der Waals surface area contributed by atoms with E-state index in [1.807, 2.05) is 25.4 Å². The Bertz CT molecular complexity index is 975. The summed E-state index contributed by atoms with van der Waals surface area (Å²) in [6.07, 6.45) is 5.92. The molecule has 0 atom stereocenters. The molecule has 0 unspecified atom stereocenters. The number of nitrogens with zero attached hydrogens (tertiary/aromatic N) is 3. The number of rotatable bonds is 6. The molecule has 1 aromatic heterocycles. The van der Waals surface area contributed by atoms with Crippen LogP contribution in [0.2, 0.25) is 0 Å². The first-order valence-electron chi connectivity index (χ1n) is 10.9. The number of para-hydroxylation sites is 1. The zero-order valence-electron chi connectivity index (χ0n) is 18.2. The van der Waals surface area contributed by atoms with Crippen LogP contribution in [0.4, 0.5) is 0 Å². The second-order valence-corrected chi connectivity index (χ2v) is 7.92. The third-order valence-corrected chi connectivity index (χ3v) is 5.75. The van der Waals surface area contributed by atoms with Gasteiger partial charge in [0.15, 0.2) is 5.96 Å². The number of fused-ring (bicyclic) bond motifs is 1. The molecule has 31 heavy (non-hydrogen) atoms. The minimum atomic E-state index is 0. The van der Waals surface area contributed by atoms with E-state index in [-0.39, 0.29) is 24.0 Å². The third-order valence-electron chi connectivity index (χ3n) is 5.75. The van der Waals surface area contributed by atoms with E-state index in [1.54, 1.807) is 0 Å². The first-order chi connectivity index (χ1) is 14.8. The lowest BCUT2D eigenvalue weighted by atomic mass is 10.1. The Hall–Kier alpha value is -2.19. The monoisotopic (exact) mass is 529 g/mol. The maximum absolute atomic E-state index is 4.43. The smallest absolute Gasteiger partial charge is 0.191 e. The highest BCUT2D eigenvalue weighted by molar-refractivity contribution is 14.0. The lowest BCUT2D eigenvalue weighted by Crippen LogP contribution is -2.36. The number of aromatic nitrogens is 1. The second-order valence-electron chi connectivity index (χ2n) is 7.92. The van der Waals surface area contributed by atoms with E-state index in [1.165, 1.54) is 54.4 Å². The molecule has 2 aromatic carbocycles. The molecule has 0 bridgehead atoms. The predicted octanol–water partition coefficient (Wildman–Crippen LogP) is 4.70. The van der Waals surface area contributed by atoms with Crippen LogP contribution in [0, 0.1) is 0 Å². The third kappa shape index (κ3) is 6.64. The summed E-state index contributed by atoms with van der Waals surface area (Å²) in [5, 5.41) is 8.01. The quantitative estimate of drug-likeness (QED) is 0.276. The first kappa shape index (κ1) is 23.5. The maximum Gasteiger partial charge on any atom is 0.191 e. The van der Waals surface area contributed by atoms with Crippen molar-refractivity contribution in [2.24, 2.45) is 4.99 Å². The van der Waals surface area contributed by atoms with E-state index in [0.717, 1.165) is 24.6 Å². The molecule has 3 aromatic rings. The lowest BCUT2D eigenvalue weighted by molar-refractivity contribution is 0.221. The summed E-state index contributed by atoms with van der Waals surface area (Å²) in [5.41, 5.74) is 4.89. The zero-order chi connectivity index (χ0) is 20.6. The molecule has 2 heterocycles. The van der Waals surface area contributed by atoms with Crippen LogP contribution in [0.15, 0.2) is 65.8 Å². The van der Waals surface area contributed by atoms with Crippen LogP contribution < -0.4 is 10.6 Å². The van der Waals surface area contributed by atoms with Crippen molar-refractivity contribution >= 4 is 40.8 Å². The average molecular weight is 529 g/mol. The highest BCUT2D eigenvalue weighted by atomic mass is 127. The van der Waals surface area contributed by atoms with Crippen LogP contribution in [0.25, 0.3) is 10.9 Å². The molecular weight excluding hydrogens is 497 g/mol. The molecule has 1 aliphatic rings. The Morgan fingerprint density at radius 2 is 1.61 bits per heavy atom. The van der Waals surface area contributed by atoms with Crippen LogP contribution in [0.3, 0.4) is 0 Å². The largest absolute Gasteiger partial charge is 0.352 e. The van der Waals surface area contributed by atoms with Crippen molar-refractivity contribution in [2.45, 2.75) is 38.9 Å². The highest BCUT2D eigenvalue weighted by Gasteiger charge is 2.10. The van der Waals surface area contributed by atoms with E-state index in [0.29, 0.717) is 6.54 Å². The molecule has 5 nitrogen and oxygen atoms in total. The standard InChI is InChI=1S/C25H31N5.HI/c1-26-25(29-18-22-13-14-27-24-8-4-3-7-23(22)24)28-17-20-9-11-21(12-10-20)19-30-15-5-2-6-16-30;/h3-4,7-14H,2,5-6,15-19H2,1H3,(H2,26,28,29);1H. The van der Waals surface area contributed by atoms with Gasteiger partial charge in [0.05, 0.1) is 5.52 Å². The molecule has 0 saturated carbocycles. The van der Waals surface area contributed by atoms with E-state index in [9.17, 15) is 0 Å². The summed E-state index contributed by atoms with van der Waals surface area (Å²) < 4.78 is 0. The first-order valence-corrected chi connectivity index (χ1v) is 10.9. The van der Waals surface area contributed by atoms with E-state index >= 15 is 0 Å². The van der Waals surface area contributed by atoms with Gasteiger partial charge in [-0.15, -0.1) is 24.0 Å². The van der Waals surface area contributed by atoms with Gasteiger partial charge in [-0.2, -0.15) is 0 Å². The predicted molar refractivity (Wildman–Crippen MR) is 140 cm³/mol. The number of halogens is 1. The van der Waals surface area contributed by atoms with E-state index in [4.69, 9.17) is 0 Å². The van der Waals surface area contributed by atoms with Crippen molar-refractivity contribution in [3.8, 4) is 0 Å². The number of piperidine rings is 1. The van der Waals surface area contributed by atoms with Gasteiger partial charge < -0.3 is 10.6 Å². The summed E-state index contributed by atoms with van der Waals surface area (Å²) >= 11 is 0. The molecule has 0 radical (unpaired) electrons. The van der Waals surface area contributed by atoms with Crippen LogP contribution in [-0.2, 0) is 19.6 Å². The van der Waals surface area contributed by atoms with Crippen molar-refractivity contribution in [3.05, 3.63) is 77.5 Å². The van der Waals surface area contributed by atoms with Crippen LogP contribution in [0.5, 0.6) is 0 Å². The van der Waals surface area contributed by atoms with Gasteiger partial charge in [0.2, 0.25) is 0 Å². The molecule has 0 spiro atoms. The van der Waals surface area contributed by atoms with Crippen LogP contribution in [0.1, 0.15) is 36.0 Å². The Labute approximate surface area is 202 Å². The molecule has 0 amide bonds. The lowest BCUT2D eigenvalue weighted by Gasteiger charge is -2.26. The van der Waals surface area contributed by atoms with Crippen LogP contribution in [-0.4, -0.2) is 36.0 Å². The SMILES string of the molecule is CN=C(NCc1ccc(CN2CCCCC2)cc1)NCc1ccnc2ccccc12.I. The molecule has 6 heteroatoms. The fraction of sp³-hybridized carbons (Fsp3) is 0.360. The number of hydrogen-bond acceptors (Lipinski definition) is 3. The Morgan fingerprint density at radius 3 is 2.39 bits per heavy atom. The van der Waals surface area contributed by atoms with Gasteiger partial charge in [0.1, 0.15) is 0 Å². The maximum atomic E-state index is 4.43. The summed E-state index contributed by atoms with van der Waals surface area (Å²) in [7, 11) is 1.81. The Balaban J connectivity index is 0.00000272. The van der Waals surface area contributed by atoms with Crippen molar-refractivity contribution in [1.29, 1.82) is 0 Å². The molecule has 164 valence electrons. The van der Waals surface area contributed by atoms with Gasteiger partial charge in [-0.1, -0.05) is 48.9 Å². The molecule has 4 rings (SSSR count). The van der Waals surface area contributed by atoms with E-state index in [2.05, 4.69) is 68.0 Å². The fourth-order valence-electron chi connectivity index (χ4n) is 4.03. The average Bonchev–Trinajstić information content (AvgIpc) is 2.81. The van der Waals surface area contributed by atoms with Crippen molar-refractivity contribution < 1.29 is 0 Å². The van der Waals surface area contributed by atoms with E-state index < -0.39 is 0 Å². The summed E-state index contributed by atoms with van der Waals surface area (Å²) in [4.78, 5) is 11.4. The Morgan fingerprint density at radius 1 is 0.903 bits per heavy atom. The molecule has 1 saturated heterocycles. The Kier molecular flexibility index (Phi) is 9.09. The number of likely N-dealkylation sites (tertiary alicyclic amines) is 1. The molecule has 0 aliphatic carbocycles. The number of hydrogen-bond donors (Lipinski definition) is 2. The van der Waals surface area contributed by atoms with Crippen LogP contribution >= 0.6 is 24.0 Å². The molecule has 1 fully saturated rings. The number of benzene rings is 2. The topological polar surface area (TPSA) is 52.6 Å². The normalized spacial score (nSPS) is 14.8. The van der Waals surface area contributed by atoms with Crippen molar-refractivity contribution in [1.82, 2.24) is 20.5 Å². The summed E-state index contributed by atoms with van der Waals surface area (Å²) in [6, 6.07) is 19.2. The fourth-order valence-corrected chi connectivity index (χ4v) is 4.03. The zero-order valence-corrected chi connectivity index (χ0v) is 20.5. The van der Waals surface area contributed by atoms with Gasteiger partial charge in [-0.25, -0.2) is 0 Å². The number of pyridine rings is 1. The van der Waals surface area contributed by atoms with Gasteiger partial charge >= 0.3 is 0 Å². The molecule has 1 aliphatic heterocycles. The number of nitrogens with one attached hydrogen (secondary N) is 2. The van der Waals surface area contributed by atoms with Gasteiger partial charge in [-0.05, 0) is 54.8 Å². The number of guanidine groups is 1. The minimum Gasteiger partial charge on any atom is -0.352 e. The van der Waals surface area contributed by atoms with Crippen molar-refractivity contribution in [3.63, 3.8) is 0 Å². The van der Waals surface area contributed by atoms with Gasteiger partial charge in [-0.3, -0.25) is 14.9 Å². The van der Waals surface area contributed by atoms with Gasteiger partial charge in [0.25, 0.3) is 0 Å². The van der Waals surface area contributed by atoms with Gasteiger partial charge in [0, 0.05) is 38.3 Å². The molecular formula is C25H32IN5. The molecule has 2 N–H and O–H groups in total. The van der Waals surface area contributed by atoms with Crippen molar-refractivity contribution in [2.75, 3.05) is 20.1 Å². The minimum absolute atomic E-state index is 0.